The number of likely N-dealkylation sites (tertiary alicyclic amines) is 1. The first kappa shape index (κ1) is 18.9. The van der Waals surface area contributed by atoms with Crippen molar-refractivity contribution >= 4 is 17.7 Å². The number of thioether (sulfide) groups is 1. The van der Waals surface area contributed by atoms with E-state index in [0.717, 1.165) is 42.7 Å². The third-order valence-corrected chi connectivity index (χ3v) is 5.84. The van der Waals surface area contributed by atoms with Gasteiger partial charge in [0, 0.05) is 11.8 Å². The predicted molar refractivity (Wildman–Crippen MR) is 103 cm³/mol. The molecular formula is C19H28N5OS+. The van der Waals surface area contributed by atoms with Crippen molar-refractivity contribution < 1.29 is 9.69 Å². The number of rotatable bonds is 7. The molecular weight excluding hydrogens is 346 g/mol. The number of nitrogens with two attached hydrogens (primary N) is 1. The standard InChI is InChI=1S/C19H27N5OS/c1-14(2)24-18(16-9-6-10-23(11-16)12-17(20)25)21-22-19(24)26-13-15-7-4-3-5-8-15/h3-5,7-8,14,16H,6,9-13H2,1-2H3,(H2,20,25)/p+1/t16-/m1/s1. The Balaban J connectivity index is 1.75. The van der Waals surface area contributed by atoms with Gasteiger partial charge in [-0.3, -0.25) is 4.79 Å². The van der Waals surface area contributed by atoms with Gasteiger partial charge in [-0.1, -0.05) is 42.1 Å². The van der Waals surface area contributed by atoms with Gasteiger partial charge < -0.3 is 15.2 Å². The van der Waals surface area contributed by atoms with Gasteiger partial charge in [0.25, 0.3) is 5.91 Å². The summed E-state index contributed by atoms with van der Waals surface area (Å²) >= 11 is 1.73. The number of carbonyl (C=O) groups excluding carboxylic acids is 1. The highest BCUT2D eigenvalue weighted by Crippen LogP contribution is 2.29. The number of primary amides is 1. The quantitative estimate of drug-likeness (QED) is 0.718. The second-order valence-electron chi connectivity index (χ2n) is 7.27. The molecule has 1 amide bonds. The number of amides is 1. The van der Waals surface area contributed by atoms with Gasteiger partial charge in [0.05, 0.1) is 19.0 Å². The molecule has 2 aromatic rings. The number of carbonyl (C=O) groups is 1. The molecule has 0 aliphatic carbocycles. The Kier molecular flexibility index (Phi) is 6.32. The molecule has 2 atom stereocenters. The van der Waals surface area contributed by atoms with Gasteiger partial charge >= 0.3 is 0 Å². The molecule has 0 bridgehead atoms. The Morgan fingerprint density at radius 3 is 2.81 bits per heavy atom. The minimum atomic E-state index is -0.231. The molecule has 3 rings (SSSR count). The number of hydrogen-bond donors (Lipinski definition) is 2. The summed E-state index contributed by atoms with van der Waals surface area (Å²) in [7, 11) is 0. The Morgan fingerprint density at radius 2 is 2.12 bits per heavy atom. The van der Waals surface area contributed by atoms with Crippen molar-refractivity contribution in [3.8, 4) is 0 Å². The monoisotopic (exact) mass is 374 g/mol. The van der Waals surface area contributed by atoms with Crippen LogP contribution in [0.5, 0.6) is 0 Å². The van der Waals surface area contributed by atoms with Crippen LogP contribution < -0.4 is 10.6 Å². The van der Waals surface area contributed by atoms with E-state index in [-0.39, 0.29) is 5.91 Å². The Labute approximate surface area is 159 Å². The maximum Gasteiger partial charge on any atom is 0.272 e. The Morgan fingerprint density at radius 1 is 1.35 bits per heavy atom. The third-order valence-electron chi connectivity index (χ3n) is 4.83. The van der Waals surface area contributed by atoms with Crippen LogP contribution in [-0.4, -0.2) is 40.3 Å². The van der Waals surface area contributed by atoms with E-state index in [1.54, 1.807) is 11.8 Å². The number of nitrogens with zero attached hydrogens (tertiary/aromatic N) is 3. The Hall–Kier alpha value is -1.86. The minimum absolute atomic E-state index is 0.231. The van der Waals surface area contributed by atoms with Gasteiger partial charge in [0.1, 0.15) is 5.82 Å². The molecule has 1 aromatic carbocycles. The summed E-state index contributed by atoms with van der Waals surface area (Å²) in [6.07, 6.45) is 2.18. The van der Waals surface area contributed by atoms with E-state index >= 15 is 0 Å². The van der Waals surface area contributed by atoms with E-state index < -0.39 is 0 Å². The predicted octanol–water partition coefficient (Wildman–Crippen LogP) is 1.40. The van der Waals surface area contributed by atoms with Crippen molar-refractivity contribution in [1.29, 1.82) is 0 Å². The lowest BCUT2D eigenvalue weighted by Crippen LogP contribution is -3.14. The molecule has 1 aromatic heterocycles. The normalized spacial score (nSPS) is 20.4. The molecule has 2 heterocycles. The Bertz CT molecular complexity index is 731. The van der Waals surface area contributed by atoms with Gasteiger partial charge in [-0.25, -0.2) is 0 Å². The fourth-order valence-corrected chi connectivity index (χ4v) is 4.68. The summed E-state index contributed by atoms with van der Waals surface area (Å²) in [4.78, 5) is 12.5. The summed E-state index contributed by atoms with van der Waals surface area (Å²) < 4.78 is 2.27. The number of quaternary nitrogens is 1. The topological polar surface area (TPSA) is 78.2 Å². The van der Waals surface area contributed by atoms with Crippen LogP contribution in [0.15, 0.2) is 35.5 Å². The number of aromatic nitrogens is 3. The maximum atomic E-state index is 11.3. The van der Waals surface area contributed by atoms with Crippen LogP contribution in [0.1, 0.15) is 50.0 Å². The molecule has 1 aliphatic rings. The molecule has 3 N–H and O–H groups in total. The fraction of sp³-hybridized carbons (Fsp3) is 0.526. The van der Waals surface area contributed by atoms with Crippen LogP contribution in [0, 0.1) is 0 Å². The summed E-state index contributed by atoms with van der Waals surface area (Å²) in [5, 5.41) is 10.0. The first-order chi connectivity index (χ1) is 12.5. The molecule has 0 radical (unpaired) electrons. The molecule has 7 heteroatoms. The average molecular weight is 375 g/mol. The molecule has 6 nitrogen and oxygen atoms in total. The highest BCUT2D eigenvalue weighted by atomic mass is 32.2. The molecule has 0 spiro atoms. The zero-order valence-electron chi connectivity index (χ0n) is 15.5. The van der Waals surface area contributed by atoms with Crippen molar-refractivity contribution in [2.24, 2.45) is 5.73 Å². The van der Waals surface area contributed by atoms with E-state index in [0.29, 0.717) is 18.5 Å². The van der Waals surface area contributed by atoms with E-state index in [4.69, 9.17) is 5.73 Å². The second-order valence-corrected chi connectivity index (χ2v) is 8.21. The zero-order valence-corrected chi connectivity index (χ0v) is 16.3. The van der Waals surface area contributed by atoms with E-state index in [1.807, 2.05) is 6.07 Å². The van der Waals surface area contributed by atoms with E-state index in [2.05, 4.69) is 52.9 Å². The SMILES string of the molecule is CC(C)n1c(SCc2ccccc2)nnc1[C@@H]1CCC[NH+](CC(N)=O)C1. The van der Waals surface area contributed by atoms with Gasteiger partial charge in [0.2, 0.25) is 0 Å². The molecule has 1 unspecified atom stereocenters. The first-order valence-electron chi connectivity index (χ1n) is 9.28. The van der Waals surface area contributed by atoms with Crippen molar-refractivity contribution in [2.45, 2.75) is 49.6 Å². The van der Waals surface area contributed by atoms with Crippen LogP contribution in [0.4, 0.5) is 0 Å². The lowest BCUT2D eigenvalue weighted by Gasteiger charge is -2.29. The fourth-order valence-electron chi connectivity index (χ4n) is 3.65. The summed E-state index contributed by atoms with van der Waals surface area (Å²) in [6.45, 7) is 6.66. The minimum Gasteiger partial charge on any atom is -0.365 e. The molecule has 26 heavy (non-hydrogen) atoms. The lowest BCUT2D eigenvalue weighted by molar-refractivity contribution is -0.898. The first-order valence-corrected chi connectivity index (χ1v) is 10.3. The second kappa shape index (κ2) is 8.68. The smallest absolute Gasteiger partial charge is 0.272 e. The number of hydrogen-bond acceptors (Lipinski definition) is 4. The number of benzene rings is 1. The van der Waals surface area contributed by atoms with E-state index in [9.17, 15) is 4.79 Å². The van der Waals surface area contributed by atoms with Crippen molar-refractivity contribution in [3.63, 3.8) is 0 Å². The average Bonchev–Trinajstić information content (AvgIpc) is 3.05. The van der Waals surface area contributed by atoms with Crippen LogP contribution in [0.2, 0.25) is 0 Å². The van der Waals surface area contributed by atoms with Gasteiger partial charge in [-0.2, -0.15) is 0 Å². The summed E-state index contributed by atoms with van der Waals surface area (Å²) in [5.74, 6) is 2.04. The van der Waals surface area contributed by atoms with Crippen molar-refractivity contribution in [2.75, 3.05) is 19.6 Å². The van der Waals surface area contributed by atoms with Gasteiger partial charge in [0.15, 0.2) is 11.7 Å². The highest BCUT2D eigenvalue weighted by molar-refractivity contribution is 7.98. The van der Waals surface area contributed by atoms with Crippen LogP contribution in [0.25, 0.3) is 0 Å². The van der Waals surface area contributed by atoms with Crippen LogP contribution in [0.3, 0.4) is 0 Å². The lowest BCUT2D eigenvalue weighted by atomic mass is 9.97. The van der Waals surface area contributed by atoms with Crippen molar-refractivity contribution in [1.82, 2.24) is 14.8 Å². The molecule has 1 saturated heterocycles. The van der Waals surface area contributed by atoms with Gasteiger partial charge in [-0.15, -0.1) is 10.2 Å². The van der Waals surface area contributed by atoms with E-state index in [1.165, 1.54) is 10.5 Å². The largest absolute Gasteiger partial charge is 0.365 e. The molecule has 140 valence electrons. The number of piperidine rings is 1. The van der Waals surface area contributed by atoms with Crippen LogP contribution >= 0.6 is 11.8 Å². The maximum absolute atomic E-state index is 11.3. The highest BCUT2D eigenvalue weighted by Gasteiger charge is 2.30. The third kappa shape index (κ3) is 4.65. The van der Waals surface area contributed by atoms with Crippen molar-refractivity contribution in [3.05, 3.63) is 41.7 Å². The zero-order chi connectivity index (χ0) is 18.5. The van der Waals surface area contributed by atoms with Gasteiger partial charge in [-0.05, 0) is 32.3 Å². The molecule has 1 fully saturated rings. The molecule has 0 saturated carbocycles. The summed E-state index contributed by atoms with van der Waals surface area (Å²) in [5.41, 5.74) is 6.67. The van der Waals surface area contributed by atoms with Crippen LogP contribution in [-0.2, 0) is 10.5 Å². The number of nitrogens with one attached hydrogen (secondary N) is 1. The molecule has 1 aliphatic heterocycles. The summed E-state index contributed by atoms with van der Waals surface area (Å²) in [6, 6.07) is 10.7.